The van der Waals surface area contributed by atoms with E-state index >= 15 is 0 Å². The smallest absolute Gasteiger partial charge is 0.269 e. The van der Waals surface area contributed by atoms with Crippen LogP contribution in [0.4, 0.5) is 11.6 Å². The zero-order valence-corrected chi connectivity index (χ0v) is 21.5. The molecule has 0 bridgehead atoms. The van der Waals surface area contributed by atoms with Gasteiger partial charge in [-0.25, -0.2) is 4.98 Å². The van der Waals surface area contributed by atoms with Gasteiger partial charge in [0, 0.05) is 32.4 Å². The van der Waals surface area contributed by atoms with E-state index in [2.05, 4.69) is 15.6 Å². The van der Waals surface area contributed by atoms with E-state index in [0.29, 0.717) is 34.7 Å². The third-order valence-electron chi connectivity index (χ3n) is 5.95. The van der Waals surface area contributed by atoms with Crippen LogP contribution in [0.5, 0.6) is 28.7 Å². The third-order valence-corrected chi connectivity index (χ3v) is 5.95. The SMILES string of the molecule is CNC(=O)c1cc(Oc2ccc3c(c2)nc(Nc2cc(C)ccc2Oc2ccccc2OC)n3C)ccn1. The maximum Gasteiger partial charge on any atom is 0.269 e. The molecule has 5 aromatic rings. The molecular weight excluding hydrogens is 482 g/mol. The van der Waals surface area contributed by atoms with Gasteiger partial charge >= 0.3 is 0 Å². The molecule has 5 rings (SSSR count). The number of rotatable bonds is 8. The monoisotopic (exact) mass is 509 g/mol. The van der Waals surface area contributed by atoms with Crippen molar-refractivity contribution < 1.29 is 19.0 Å². The van der Waals surface area contributed by atoms with E-state index in [9.17, 15) is 4.79 Å². The second-order valence-electron chi connectivity index (χ2n) is 8.58. The van der Waals surface area contributed by atoms with Crippen LogP contribution < -0.4 is 24.8 Å². The first kappa shape index (κ1) is 24.6. The molecule has 0 saturated carbocycles. The highest BCUT2D eigenvalue weighted by atomic mass is 16.5. The minimum absolute atomic E-state index is 0.278. The van der Waals surface area contributed by atoms with Crippen LogP contribution in [0.2, 0.25) is 0 Å². The van der Waals surface area contributed by atoms with Crippen molar-refractivity contribution in [2.45, 2.75) is 6.92 Å². The number of hydrogen-bond acceptors (Lipinski definition) is 7. The largest absolute Gasteiger partial charge is 0.493 e. The number of nitrogens with zero attached hydrogens (tertiary/aromatic N) is 3. The molecule has 0 saturated heterocycles. The summed E-state index contributed by atoms with van der Waals surface area (Å²) >= 11 is 0. The number of nitrogens with one attached hydrogen (secondary N) is 2. The molecule has 0 radical (unpaired) electrons. The second kappa shape index (κ2) is 10.5. The molecule has 0 fully saturated rings. The Morgan fingerprint density at radius 3 is 2.47 bits per heavy atom. The summed E-state index contributed by atoms with van der Waals surface area (Å²) in [7, 11) is 5.11. The number of hydrogen-bond donors (Lipinski definition) is 2. The van der Waals surface area contributed by atoms with Crippen molar-refractivity contribution in [3.05, 3.63) is 90.3 Å². The third kappa shape index (κ3) is 5.08. The van der Waals surface area contributed by atoms with Gasteiger partial charge in [0.05, 0.1) is 23.8 Å². The average Bonchev–Trinajstić information content (AvgIpc) is 3.24. The Hall–Kier alpha value is -5.05. The van der Waals surface area contributed by atoms with E-state index < -0.39 is 0 Å². The van der Waals surface area contributed by atoms with Crippen LogP contribution in [0, 0.1) is 6.92 Å². The number of imidazole rings is 1. The van der Waals surface area contributed by atoms with Crippen molar-refractivity contribution in [2.24, 2.45) is 7.05 Å². The molecule has 3 aromatic carbocycles. The molecule has 0 spiro atoms. The highest BCUT2D eigenvalue weighted by molar-refractivity contribution is 5.92. The molecule has 9 nitrogen and oxygen atoms in total. The molecule has 0 unspecified atom stereocenters. The van der Waals surface area contributed by atoms with Crippen LogP contribution in [0.1, 0.15) is 16.1 Å². The number of para-hydroxylation sites is 2. The number of benzene rings is 3. The number of aryl methyl sites for hydroxylation is 2. The number of ether oxygens (including phenoxy) is 3. The Bertz CT molecular complexity index is 1630. The van der Waals surface area contributed by atoms with Crippen LogP contribution in [-0.4, -0.2) is 34.6 Å². The van der Waals surface area contributed by atoms with Crippen LogP contribution in [0.15, 0.2) is 79.0 Å². The van der Waals surface area contributed by atoms with Crippen molar-refractivity contribution in [3.63, 3.8) is 0 Å². The molecule has 9 heteroatoms. The number of carbonyl (C=O) groups excluding carboxylic acids is 1. The van der Waals surface area contributed by atoms with Crippen molar-refractivity contribution in [1.82, 2.24) is 19.9 Å². The minimum atomic E-state index is -0.281. The van der Waals surface area contributed by atoms with Gasteiger partial charge in [0.2, 0.25) is 5.95 Å². The zero-order valence-electron chi connectivity index (χ0n) is 21.5. The average molecular weight is 510 g/mol. The summed E-state index contributed by atoms with van der Waals surface area (Å²) in [5.41, 5.74) is 3.78. The quantitative estimate of drug-likeness (QED) is 0.266. The first-order chi connectivity index (χ1) is 18.4. The van der Waals surface area contributed by atoms with E-state index in [1.54, 1.807) is 26.3 Å². The predicted molar refractivity (Wildman–Crippen MR) is 146 cm³/mol. The summed E-state index contributed by atoms with van der Waals surface area (Å²) in [6.07, 6.45) is 1.54. The van der Waals surface area contributed by atoms with Gasteiger partial charge in [0.1, 0.15) is 17.2 Å². The first-order valence-electron chi connectivity index (χ1n) is 12.0. The molecule has 2 N–H and O–H groups in total. The van der Waals surface area contributed by atoms with Gasteiger partial charge in [0.25, 0.3) is 5.91 Å². The first-order valence-corrected chi connectivity index (χ1v) is 12.0. The maximum atomic E-state index is 11.9. The molecule has 2 heterocycles. The van der Waals surface area contributed by atoms with Gasteiger partial charge in [0.15, 0.2) is 17.2 Å². The molecule has 2 aromatic heterocycles. The molecule has 0 aliphatic rings. The minimum Gasteiger partial charge on any atom is -0.493 e. The van der Waals surface area contributed by atoms with Gasteiger partial charge in [-0.3, -0.25) is 9.78 Å². The summed E-state index contributed by atoms with van der Waals surface area (Å²) in [5.74, 6) is 3.35. The Kier molecular flexibility index (Phi) is 6.82. The Labute approximate surface area is 220 Å². The standard InChI is InChI=1S/C29H27N5O4/c1-18-9-12-25(38-27-8-6-5-7-26(27)36-4)22(15-18)33-29-32-21-16-19(10-11-24(21)34(29)3)37-20-13-14-31-23(17-20)28(35)30-2/h5-17H,1-4H3,(H,30,35)(H,32,33). The van der Waals surface area contributed by atoms with Crippen LogP contribution in [0.25, 0.3) is 11.0 Å². The van der Waals surface area contributed by atoms with E-state index in [4.69, 9.17) is 19.2 Å². The predicted octanol–water partition coefficient (Wildman–Crippen LogP) is 5.97. The molecule has 0 aliphatic carbocycles. The van der Waals surface area contributed by atoms with Gasteiger partial charge in [-0.2, -0.15) is 0 Å². The van der Waals surface area contributed by atoms with Gasteiger partial charge in [-0.1, -0.05) is 18.2 Å². The van der Waals surface area contributed by atoms with Crippen molar-refractivity contribution in [2.75, 3.05) is 19.5 Å². The van der Waals surface area contributed by atoms with Crippen molar-refractivity contribution in [3.8, 4) is 28.7 Å². The number of aromatic nitrogens is 3. The fourth-order valence-electron chi connectivity index (χ4n) is 3.99. The van der Waals surface area contributed by atoms with Crippen molar-refractivity contribution >= 4 is 28.6 Å². The van der Waals surface area contributed by atoms with E-state index in [1.165, 1.54) is 6.20 Å². The maximum absolute atomic E-state index is 11.9. The van der Waals surface area contributed by atoms with Gasteiger partial charge < -0.3 is 29.4 Å². The van der Waals surface area contributed by atoms with Gasteiger partial charge in [-0.15, -0.1) is 0 Å². The molecule has 0 atom stereocenters. The summed E-state index contributed by atoms with van der Waals surface area (Å²) in [5, 5.41) is 5.98. The fraction of sp³-hybridized carbons (Fsp3) is 0.138. The summed E-state index contributed by atoms with van der Waals surface area (Å²) < 4.78 is 19.6. The lowest BCUT2D eigenvalue weighted by Gasteiger charge is -2.15. The lowest BCUT2D eigenvalue weighted by atomic mass is 10.2. The number of carbonyl (C=O) groups is 1. The van der Waals surface area contributed by atoms with Gasteiger partial charge in [-0.05, 0) is 55.0 Å². The van der Waals surface area contributed by atoms with Crippen LogP contribution in [-0.2, 0) is 7.05 Å². The number of methoxy groups -OCH3 is 1. The fourth-order valence-corrected chi connectivity index (χ4v) is 3.99. The lowest BCUT2D eigenvalue weighted by Crippen LogP contribution is -2.18. The summed E-state index contributed by atoms with van der Waals surface area (Å²) in [6.45, 7) is 2.02. The number of fused-ring (bicyclic) bond motifs is 1. The zero-order chi connectivity index (χ0) is 26.6. The van der Waals surface area contributed by atoms with Crippen LogP contribution in [0.3, 0.4) is 0 Å². The van der Waals surface area contributed by atoms with E-state index in [-0.39, 0.29) is 11.6 Å². The van der Waals surface area contributed by atoms with Crippen LogP contribution >= 0.6 is 0 Å². The molecule has 38 heavy (non-hydrogen) atoms. The number of anilines is 2. The Balaban J connectivity index is 1.42. The molecule has 1 amide bonds. The second-order valence-corrected chi connectivity index (χ2v) is 8.58. The highest BCUT2D eigenvalue weighted by Gasteiger charge is 2.14. The number of amides is 1. The van der Waals surface area contributed by atoms with Crippen molar-refractivity contribution in [1.29, 1.82) is 0 Å². The normalized spacial score (nSPS) is 10.7. The molecule has 0 aliphatic heterocycles. The molecule has 192 valence electrons. The highest BCUT2D eigenvalue weighted by Crippen LogP contribution is 2.37. The summed E-state index contributed by atoms with van der Waals surface area (Å²) in [4.78, 5) is 20.8. The Morgan fingerprint density at radius 2 is 1.68 bits per heavy atom. The molecular formula is C29H27N5O4. The van der Waals surface area contributed by atoms with E-state index in [1.807, 2.05) is 79.2 Å². The Morgan fingerprint density at radius 1 is 0.895 bits per heavy atom. The lowest BCUT2D eigenvalue weighted by molar-refractivity contribution is 0.0958. The summed E-state index contributed by atoms with van der Waals surface area (Å²) in [6, 6.07) is 22.4. The number of pyridine rings is 1. The topological polar surface area (TPSA) is 99.5 Å². The van der Waals surface area contributed by atoms with E-state index in [0.717, 1.165) is 22.3 Å².